The average molecular weight is 635 g/mol. The van der Waals surface area contributed by atoms with Gasteiger partial charge in [0.25, 0.3) is 0 Å². The van der Waals surface area contributed by atoms with Crippen LogP contribution >= 0.6 is 0 Å². The van der Waals surface area contributed by atoms with Crippen LogP contribution in [0, 0.1) is 0 Å². The Labute approximate surface area is 295 Å². The molecule has 0 amide bonds. The van der Waals surface area contributed by atoms with Crippen LogP contribution in [0.3, 0.4) is 0 Å². The van der Waals surface area contributed by atoms with Gasteiger partial charge in [-0.1, -0.05) is 128 Å². The molecule has 0 aromatic rings. The number of carboxylic acids is 2. The Kier molecular flexibility index (Phi) is 43.3. The molecular weight excluding hydrogens is 568 g/mol. The second kappa shape index (κ2) is 39.6. The Hall–Kier alpha value is -0.400. The summed E-state index contributed by atoms with van der Waals surface area (Å²) in [5.74, 6) is -1.88. The molecule has 0 saturated heterocycles. The van der Waals surface area contributed by atoms with Crippen molar-refractivity contribution in [3.63, 3.8) is 0 Å². The molecular formula is C36H66CaO6. The number of rotatable bonds is 30. The van der Waals surface area contributed by atoms with Gasteiger partial charge in [0.05, 0.1) is 12.2 Å². The fourth-order valence-corrected chi connectivity index (χ4v) is 4.72. The number of carbonyl (C=O) groups excluding carboxylic acids is 2. The molecule has 2 atom stereocenters. The molecule has 0 aliphatic heterocycles. The topological polar surface area (TPSA) is 121 Å². The summed E-state index contributed by atoms with van der Waals surface area (Å²) in [5, 5.41) is 40.0. The molecule has 0 aromatic carbocycles. The van der Waals surface area contributed by atoms with Crippen molar-refractivity contribution in [3.05, 3.63) is 24.3 Å². The van der Waals surface area contributed by atoms with Crippen LogP contribution in [-0.2, 0) is 9.59 Å². The zero-order valence-corrected chi connectivity index (χ0v) is 30.3. The van der Waals surface area contributed by atoms with E-state index in [4.69, 9.17) is 0 Å². The minimum absolute atomic E-state index is 0. The first kappa shape index (κ1) is 47.0. The molecule has 43 heavy (non-hydrogen) atoms. The van der Waals surface area contributed by atoms with Crippen molar-refractivity contribution < 1.29 is 30.0 Å². The van der Waals surface area contributed by atoms with Gasteiger partial charge in [-0.15, -0.1) is 0 Å². The van der Waals surface area contributed by atoms with Crippen molar-refractivity contribution >= 4 is 49.7 Å². The van der Waals surface area contributed by atoms with Gasteiger partial charge in [-0.3, -0.25) is 0 Å². The smallest absolute Gasteiger partial charge is 0.550 e. The van der Waals surface area contributed by atoms with Crippen molar-refractivity contribution in [3.8, 4) is 0 Å². The standard InChI is InChI=1S/2C18H34O3.Ca/c2*1-2-3-4-11-14-17(19)15-12-9-7-5-6-8-10-13-16-18(20)21;/h2*9,12,17,19H,2-8,10-11,13-16H2,1H3,(H,20,21);/q;;+2/p-2/b2*12-9+;. The van der Waals surface area contributed by atoms with Crippen molar-refractivity contribution in [2.75, 3.05) is 0 Å². The van der Waals surface area contributed by atoms with E-state index in [0.29, 0.717) is 0 Å². The summed E-state index contributed by atoms with van der Waals surface area (Å²) in [5.41, 5.74) is 0. The zero-order chi connectivity index (χ0) is 31.5. The van der Waals surface area contributed by atoms with E-state index in [-0.39, 0.29) is 62.8 Å². The maximum atomic E-state index is 10.2. The maximum absolute atomic E-state index is 10.2. The molecule has 0 heterocycles. The van der Waals surface area contributed by atoms with Gasteiger partial charge >= 0.3 is 37.7 Å². The molecule has 0 rings (SSSR count). The third kappa shape index (κ3) is 46.1. The quantitative estimate of drug-likeness (QED) is 0.0494. The van der Waals surface area contributed by atoms with Crippen molar-refractivity contribution in [2.24, 2.45) is 0 Å². The Morgan fingerprint density at radius 3 is 1.19 bits per heavy atom. The van der Waals surface area contributed by atoms with E-state index in [2.05, 4.69) is 38.2 Å². The summed E-state index contributed by atoms with van der Waals surface area (Å²) in [7, 11) is 0. The van der Waals surface area contributed by atoms with Crippen LogP contribution in [0.4, 0.5) is 0 Å². The van der Waals surface area contributed by atoms with Gasteiger partial charge in [0, 0.05) is 11.9 Å². The van der Waals surface area contributed by atoms with E-state index in [9.17, 15) is 30.0 Å². The van der Waals surface area contributed by atoms with E-state index >= 15 is 0 Å². The van der Waals surface area contributed by atoms with E-state index in [0.717, 1.165) is 116 Å². The Bertz CT molecular complexity index is 583. The molecule has 0 aliphatic rings. The molecule has 2 unspecified atom stereocenters. The third-order valence-electron chi connectivity index (χ3n) is 7.43. The van der Waals surface area contributed by atoms with Gasteiger partial charge in [0.2, 0.25) is 0 Å². The number of hydrogen-bond acceptors (Lipinski definition) is 6. The molecule has 0 saturated carbocycles. The summed E-state index contributed by atoms with van der Waals surface area (Å²) >= 11 is 0. The molecule has 6 nitrogen and oxygen atoms in total. The molecule has 0 spiro atoms. The average Bonchev–Trinajstić information content (AvgIpc) is 2.95. The van der Waals surface area contributed by atoms with Crippen LogP contribution < -0.4 is 10.2 Å². The first-order valence-electron chi connectivity index (χ1n) is 17.4. The summed E-state index contributed by atoms with van der Waals surface area (Å²) in [6, 6.07) is 0. The zero-order valence-electron chi connectivity index (χ0n) is 28.1. The van der Waals surface area contributed by atoms with Gasteiger partial charge < -0.3 is 30.0 Å². The van der Waals surface area contributed by atoms with Gasteiger partial charge in [-0.05, 0) is 77.0 Å². The second-order valence-corrected chi connectivity index (χ2v) is 11.8. The molecule has 248 valence electrons. The van der Waals surface area contributed by atoms with E-state index in [1.807, 2.05) is 0 Å². The summed E-state index contributed by atoms with van der Waals surface area (Å²) < 4.78 is 0. The minimum Gasteiger partial charge on any atom is -0.550 e. The number of aliphatic hydroxyl groups is 2. The SMILES string of the molecule is CCCCCCC(O)C/C=C/CCCCCCCC(=O)[O-].CCCCCCC(O)C/C=C/CCCCCCCC(=O)[O-].[Ca+2]. The van der Waals surface area contributed by atoms with E-state index in [1.54, 1.807) is 0 Å². The first-order chi connectivity index (χ1) is 20.3. The predicted octanol–water partition coefficient (Wildman–Crippen LogP) is 7.11. The first-order valence-corrected chi connectivity index (χ1v) is 17.4. The van der Waals surface area contributed by atoms with Gasteiger partial charge in [-0.2, -0.15) is 0 Å². The summed E-state index contributed by atoms with van der Waals surface area (Å²) in [4.78, 5) is 20.4. The van der Waals surface area contributed by atoms with Crippen molar-refractivity contribution in [2.45, 2.75) is 193 Å². The van der Waals surface area contributed by atoms with Gasteiger partial charge in [-0.25, -0.2) is 0 Å². The number of carbonyl (C=O) groups is 2. The monoisotopic (exact) mass is 634 g/mol. The van der Waals surface area contributed by atoms with Crippen LogP contribution in [0.1, 0.15) is 181 Å². The normalized spacial score (nSPS) is 12.6. The molecule has 0 radical (unpaired) electrons. The molecule has 7 heteroatoms. The van der Waals surface area contributed by atoms with E-state index in [1.165, 1.54) is 38.5 Å². The molecule has 0 fully saturated rings. The van der Waals surface area contributed by atoms with Crippen LogP contribution in [0.2, 0.25) is 0 Å². The summed E-state index contributed by atoms with van der Waals surface area (Å²) in [6.45, 7) is 4.39. The number of aliphatic hydroxyl groups excluding tert-OH is 2. The third-order valence-corrected chi connectivity index (χ3v) is 7.43. The van der Waals surface area contributed by atoms with E-state index < -0.39 is 11.9 Å². The fourth-order valence-electron chi connectivity index (χ4n) is 4.72. The van der Waals surface area contributed by atoms with Crippen molar-refractivity contribution in [1.29, 1.82) is 0 Å². The molecule has 0 bridgehead atoms. The van der Waals surface area contributed by atoms with Gasteiger partial charge in [0.15, 0.2) is 0 Å². The Morgan fingerprint density at radius 2 is 0.837 bits per heavy atom. The largest absolute Gasteiger partial charge is 2.00 e. The Balaban J connectivity index is -0.000000727. The van der Waals surface area contributed by atoms with Crippen molar-refractivity contribution in [1.82, 2.24) is 0 Å². The summed E-state index contributed by atoms with van der Waals surface area (Å²) in [6.07, 6.45) is 34.0. The minimum atomic E-state index is -0.939. The number of carboxylic acid groups (broad SMARTS) is 2. The van der Waals surface area contributed by atoms with Crippen LogP contribution in [0.5, 0.6) is 0 Å². The number of hydrogen-bond donors (Lipinski definition) is 2. The maximum Gasteiger partial charge on any atom is 2.00 e. The number of allylic oxidation sites excluding steroid dienone is 2. The van der Waals surface area contributed by atoms with Gasteiger partial charge in [0.1, 0.15) is 0 Å². The Morgan fingerprint density at radius 1 is 0.512 bits per heavy atom. The predicted molar refractivity (Wildman–Crippen MR) is 177 cm³/mol. The second-order valence-electron chi connectivity index (χ2n) is 11.8. The van der Waals surface area contributed by atoms with Crippen LogP contribution in [0.25, 0.3) is 0 Å². The molecule has 2 N–H and O–H groups in total. The van der Waals surface area contributed by atoms with Crippen LogP contribution in [-0.4, -0.2) is 72.1 Å². The number of aliphatic carboxylic acids is 2. The van der Waals surface area contributed by atoms with Crippen LogP contribution in [0.15, 0.2) is 24.3 Å². The molecule has 0 aromatic heterocycles. The number of unbranched alkanes of at least 4 members (excludes halogenated alkanes) is 16. The molecule has 0 aliphatic carbocycles. The fraction of sp³-hybridized carbons (Fsp3) is 0.833.